The minimum atomic E-state index is -0.363. The maximum absolute atomic E-state index is 14.4. The van der Waals surface area contributed by atoms with Crippen LogP contribution >= 0.6 is 0 Å². The van der Waals surface area contributed by atoms with E-state index in [1.165, 1.54) is 12.4 Å². The highest BCUT2D eigenvalue weighted by molar-refractivity contribution is 5.84. The third kappa shape index (κ3) is 3.47. The monoisotopic (exact) mass is 387 g/mol. The molecule has 0 spiro atoms. The van der Waals surface area contributed by atoms with Crippen LogP contribution in [0.15, 0.2) is 55.1 Å². The van der Waals surface area contributed by atoms with E-state index in [-0.39, 0.29) is 5.82 Å². The first-order valence-corrected chi connectivity index (χ1v) is 9.48. The molecule has 1 aliphatic heterocycles. The first-order chi connectivity index (χ1) is 14.3. The van der Waals surface area contributed by atoms with Gasteiger partial charge in [0, 0.05) is 42.4 Å². The number of pyridine rings is 2. The third-order valence-electron chi connectivity index (χ3n) is 4.97. The highest BCUT2D eigenvalue weighted by Crippen LogP contribution is 2.28. The molecule has 0 bridgehead atoms. The highest BCUT2D eigenvalue weighted by atomic mass is 19.1. The van der Waals surface area contributed by atoms with Gasteiger partial charge in [-0.2, -0.15) is 0 Å². The standard InChI is InChI=1S/C22H18FN5O/c23-17-11-16(10-15-2-1-6-26-21(15)17)19-12-20(28-13-27-19)25-8-4-14-3-7-24-18-5-9-29-22(14)18/h1-3,6-7,10-13H,4-5,8-9H2,(H,25,27,28). The summed E-state index contributed by atoms with van der Waals surface area (Å²) in [5.41, 5.74) is 3.86. The molecule has 0 aliphatic carbocycles. The molecule has 4 heterocycles. The predicted molar refractivity (Wildman–Crippen MR) is 108 cm³/mol. The van der Waals surface area contributed by atoms with Crippen LogP contribution in [-0.4, -0.2) is 33.1 Å². The van der Waals surface area contributed by atoms with Crippen LogP contribution in [0.3, 0.4) is 0 Å². The fourth-order valence-corrected chi connectivity index (χ4v) is 3.57. The van der Waals surface area contributed by atoms with E-state index in [2.05, 4.69) is 25.3 Å². The van der Waals surface area contributed by atoms with Crippen molar-refractivity contribution in [3.63, 3.8) is 0 Å². The number of fused-ring (bicyclic) bond motifs is 2. The Kier molecular flexibility index (Phi) is 4.48. The van der Waals surface area contributed by atoms with Crippen molar-refractivity contribution in [2.24, 2.45) is 0 Å². The molecule has 0 saturated carbocycles. The fraction of sp³-hybridized carbons (Fsp3) is 0.182. The maximum Gasteiger partial charge on any atom is 0.150 e. The van der Waals surface area contributed by atoms with E-state index in [0.29, 0.717) is 35.7 Å². The van der Waals surface area contributed by atoms with Gasteiger partial charge in [0.2, 0.25) is 0 Å². The molecule has 0 atom stereocenters. The number of rotatable bonds is 5. The van der Waals surface area contributed by atoms with Crippen LogP contribution in [0.25, 0.3) is 22.2 Å². The second kappa shape index (κ2) is 7.43. The molecule has 7 heteroatoms. The summed E-state index contributed by atoms with van der Waals surface area (Å²) in [4.78, 5) is 17.0. The summed E-state index contributed by atoms with van der Waals surface area (Å²) < 4.78 is 20.1. The number of halogens is 1. The number of nitrogens with one attached hydrogen (secondary N) is 1. The molecule has 0 amide bonds. The van der Waals surface area contributed by atoms with Crippen molar-refractivity contribution < 1.29 is 9.13 Å². The van der Waals surface area contributed by atoms with Crippen molar-refractivity contribution in [3.05, 3.63) is 72.2 Å². The van der Waals surface area contributed by atoms with Crippen LogP contribution < -0.4 is 10.1 Å². The van der Waals surface area contributed by atoms with E-state index in [1.54, 1.807) is 12.3 Å². The van der Waals surface area contributed by atoms with Gasteiger partial charge in [0.1, 0.15) is 29.2 Å². The first-order valence-electron chi connectivity index (χ1n) is 9.48. The Balaban J connectivity index is 1.34. The van der Waals surface area contributed by atoms with E-state index >= 15 is 0 Å². The van der Waals surface area contributed by atoms with Crippen molar-refractivity contribution in [2.75, 3.05) is 18.5 Å². The molecule has 0 saturated heterocycles. The summed E-state index contributed by atoms with van der Waals surface area (Å²) in [5.74, 6) is 1.24. The van der Waals surface area contributed by atoms with Gasteiger partial charge in [-0.1, -0.05) is 6.07 Å². The smallest absolute Gasteiger partial charge is 0.150 e. The van der Waals surface area contributed by atoms with Gasteiger partial charge in [-0.25, -0.2) is 14.4 Å². The lowest BCUT2D eigenvalue weighted by Crippen LogP contribution is -2.07. The second-order valence-corrected chi connectivity index (χ2v) is 6.84. The van der Waals surface area contributed by atoms with E-state index < -0.39 is 0 Å². The summed E-state index contributed by atoms with van der Waals surface area (Å²) >= 11 is 0. The Bertz CT molecular complexity index is 1200. The third-order valence-corrected chi connectivity index (χ3v) is 4.97. The van der Waals surface area contributed by atoms with E-state index in [4.69, 9.17) is 4.74 Å². The van der Waals surface area contributed by atoms with E-state index in [1.807, 2.05) is 30.5 Å². The first kappa shape index (κ1) is 17.5. The minimum Gasteiger partial charge on any atom is -0.491 e. The zero-order chi connectivity index (χ0) is 19.6. The number of hydrogen-bond donors (Lipinski definition) is 1. The van der Waals surface area contributed by atoms with Crippen molar-refractivity contribution in [1.29, 1.82) is 0 Å². The van der Waals surface area contributed by atoms with Gasteiger partial charge in [0.15, 0.2) is 0 Å². The molecule has 4 aromatic rings. The van der Waals surface area contributed by atoms with Crippen LogP contribution in [0, 0.1) is 5.82 Å². The number of aromatic nitrogens is 4. The average molecular weight is 387 g/mol. The van der Waals surface area contributed by atoms with Gasteiger partial charge in [0.25, 0.3) is 0 Å². The topological polar surface area (TPSA) is 72.8 Å². The summed E-state index contributed by atoms with van der Waals surface area (Å²) in [5, 5.41) is 4.05. The van der Waals surface area contributed by atoms with Crippen molar-refractivity contribution in [1.82, 2.24) is 19.9 Å². The van der Waals surface area contributed by atoms with Crippen molar-refractivity contribution >= 4 is 16.7 Å². The molecule has 29 heavy (non-hydrogen) atoms. The van der Waals surface area contributed by atoms with E-state index in [9.17, 15) is 4.39 Å². The summed E-state index contributed by atoms with van der Waals surface area (Å²) in [6.45, 7) is 1.38. The lowest BCUT2D eigenvalue weighted by Gasteiger charge is -2.10. The lowest BCUT2D eigenvalue weighted by molar-refractivity contribution is 0.353. The van der Waals surface area contributed by atoms with Crippen LogP contribution in [-0.2, 0) is 12.8 Å². The second-order valence-electron chi connectivity index (χ2n) is 6.84. The summed E-state index contributed by atoms with van der Waals surface area (Å²) in [7, 11) is 0. The van der Waals surface area contributed by atoms with Gasteiger partial charge < -0.3 is 10.1 Å². The average Bonchev–Trinajstić information content (AvgIpc) is 3.24. The lowest BCUT2D eigenvalue weighted by atomic mass is 10.1. The van der Waals surface area contributed by atoms with Crippen LogP contribution in [0.4, 0.5) is 10.2 Å². The number of ether oxygens (including phenoxy) is 1. The normalized spacial score (nSPS) is 12.6. The van der Waals surface area contributed by atoms with Crippen LogP contribution in [0.2, 0.25) is 0 Å². The van der Waals surface area contributed by atoms with Gasteiger partial charge in [0.05, 0.1) is 18.0 Å². The van der Waals surface area contributed by atoms with Crippen molar-refractivity contribution in [2.45, 2.75) is 12.8 Å². The Morgan fingerprint density at radius 3 is 2.97 bits per heavy atom. The molecule has 0 fully saturated rings. The number of nitrogens with zero attached hydrogens (tertiary/aromatic N) is 4. The largest absolute Gasteiger partial charge is 0.491 e. The Morgan fingerprint density at radius 1 is 1.03 bits per heavy atom. The molecule has 3 aromatic heterocycles. The molecule has 144 valence electrons. The zero-order valence-corrected chi connectivity index (χ0v) is 15.6. The SMILES string of the molecule is Fc1cc(-c2cc(NCCc3ccnc4c3OCC4)ncn2)cc2cccnc12. The molecule has 1 aromatic carbocycles. The molecule has 1 N–H and O–H groups in total. The van der Waals surface area contributed by atoms with Gasteiger partial charge in [-0.05, 0) is 36.2 Å². The minimum absolute atomic E-state index is 0.357. The van der Waals surface area contributed by atoms with Gasteiger partial charge in [-0.15, -0.1) is 0 Å². The van der Waals surface area contributed by atoms with Gasteiger partial charge in [-0.3, -0.25) is 9.97 Å². The zero-order valence-electron chi connectivity index (χ0n) is 15.6. The number of anilines is 1. The molecular formula is C22H18FN5O. The quantitative estimate of drug-likeness (QED) is 0.561. The Labute approximate surface area is 166 Å². The predicted octanol–water partition coefficient (Wildman–Crippen LogP) is 3.82. The Morgan fingerprint density at radius 2 is 2.00 bits per heavy atom. The van der Waals surface area contributed by atoms with Gasteiger partial charge >= 0.3 is 0 Å². The number of benzene rings is 1. The highest BCUT2D eigenvalue weighted by Gasteiger charge is 2.17. The van der Waals surface area contributed by atoms with Crippen LogP contribution in [0.1, 0.15) is 11.3 Å². The molecule has 5 rings (SSSR count). The molecule has 1 aliphatic rings. The molecular weight excluding hydrogens is 369 g/mol. The number of hydrogen-bond acceptors (Lipinski definition) is 6. The molecule has 6 nitrogen and oxygen atoms in total. The Hall–Kier alpha value is -3.61. The molecule has 0 radical (unpaired) electrons. The van der Waals surface area contributed by atoms with E-state index in [0.717, 1.165) is 35.2 Å². The fourth-order valence-electron chi connectivity index (χ4n) is 3.57. The summed E-state index contributed by atoms with van der Waals surface area (Å²) in [6, 6.07) is 10.8. The van der Waals surface area contributed by atoms with Crippen LogP contribution in [0.5, 0.6) is 5.75 Å². The molecule has 0 unspecified atom stereocenters. The van der Waals surface area contributed by atoms with Crippen molar-refractivity contribution in [3.8, 4) is 17.0 Å². The summed E-state index contributed by atoms with van der Waals surface area (Å²) in [6.07, 6.45) is 6.55. The maximum atomic E-state index is 14.4.